The van der Waals surface area contributed by atoms with Crippen molar-refractivity contribution in [1.82, 2.24) is 15.0 Å². The number of anilines is 1. The van der Waals surface area contributed by atoms with Crippen LogP contribution in [0.25, 0.3) is 11.3 Å². The number of aromatic nitrogens is 3. The molecule has 5 nitrogen and oxygen atoms in total. The lowest BCUT2D eigenvalue weighted by Gasteiger charge is -2.18. The van der Waals surface area contributed by atoms with Gasteiger partial charge in [-0.2, -0.15) is 0 Å². The zero-order chi connectivity index (χ0) is 19.0. The summed E-state index contributed by atoms with van der Waals surface area (Å²) < 4.78 is 40.9. The van der Waals surface area contributed by atoms with Crippen molar-refractivity contribution in [2.75, 3.05) is 18.0 Å². The van der Waals surface area contributed by atoms with E-state index in [0.29, 0.717) is 25.0 Å². The molecular weight excluding hydrogens is 355 g/mol. The molecule has 1 aliphatic rings. The summed E-state index contributed by atoms with van der Waals surface area (Å²) in [6.07, 6.45) is 4.79. The summed E-state index contributed by atoms with van der Waals surface area (Å²) in [5, 5.41) is 0. The second-order valence-electron chi connectivity index (χ2n) is 6.46. The minimum absolute atomic E-state index is 0.0762. The number of rotatable bonds is 3. The average Bonchev–Trinajstić information content (AvgIpc) is 3.07. The number of pyridine rings is 1. The summed E-state index contributed by atoms with van der Waals surface area (Å²) in [6, 6.07) is 6.49. The summed E-state index contributed by atoms with van der Waals surface area (Å²) in [7, 11) is 0. The molecule has 3 aromatic rings. The van der Waals surface area contributed by atoms with E-state index < -0.39 is 29.4 Å². The van der Waals surface area contributed by atoms with Gasteiger partial charge < -0.3 is 10.6 Å². The van der Waals surface area contributed by atoms with E-state index in [1.165, 1.54) is 6.33 Å². The maximum absolute atomic E-state index is 14.2. The van der Waals surface area contributed by atoms with E-state index in [0.717, 1.165) is 17.3 Å². The van der Waals surface area contributed by atoms with Crippen LogP contribution in [0.15, 0.2) is 49.1 Å². The summed E-state index contributed by atoms with van der Waals surface area (Å²) in [5.74, 6) is -2.93. The fourth-order valence-corrected chi connectivity index (χ4v) is 3.37. The summed E-state index contributed by atoms with van der Waals surface area (Å²) in [6.45, 7) is 0.756. The van der Waals surface area contributed by atoms with E-state index in [1.54, 1.807) is 12.4 Å². The third-order valence-electron chi connectivity index (χ3n) is 4.76. The van der Waals surface area contributed by atoms with Gasteiger partial charge in [-0.25, -0.2) is 23.1 Å². The van der Waals surface area contributed by atoms with Crippen molar-refractivity contribution >= 4 is 5.82 Å². The predicted molar refractivity (Wildman–Crippen MR) is 94.5 cm³/mol. The van der Waals surface area contributed by atoms with Crippen molar-refractivity contribution in [1.29, 1.82) is 0 Å². The van der Waals surface area contributed by atoms with E-state index in [1.807, 2.05) is 23.1 Å². The zero-order valence-corrected chi connectivity index (χ0v) is 14.2. The second kappa shape index (κ2) is 6.96. The molecule has 4 rings (SSSR count). The molecule has 8 heteroatoms. The number of hydrogen-bond acceptors (Lipinski definition) is 5. The molecule has 2 aromatic heterocycles. The van der Waals surface area contributed by atoms with Crippen LogP contribution in [0.1, 0.15) is 11.5 Å². The predicted octanol–water partition coefficient (Wildman–Crippen LogP) is 2.89. The molecule has 0 aliphatic carbocycles. The van der Waals surface area contributed by atoms with Crippen molar-refractivity contribution < 1.29 is 13.2 Å². The number of halogens is 3. The van der Waals surface area contributed by atoms with Crippen LogP contribution in [0, 0.1) is 17.5 Å². The molecule has 27 heavy (non-hydrogen) atoms. The van der Waals surface area contributed by atoms with Crippen LogP contribution in [-0.2, 0) is 0 Å². The van der Waals surface area contributed by atoms with Gasteiger partial charge in [-0.1, -0.05) is 0 Å². The van der Waals surface area contributed by atoms with E-state index in [9.17, 15) is 13.2 Å². The van der Waals surface area contributed by atoms with E-state index in [2.05, 4.69) is 15.0 Å². The molecule has 1 aliphatic heterocycles. The lowest BCUT2D eigenvalue weighted by atomic mass is 9.94. The second-order valence-corrected chi connectivity index (χ2v) is 6.46. The first-order valence-corrected chi connectivity index (χ1v) is 8.40. The smallest absolute Gasteiger partial charge is 0.161 e. The van der Waals surface area contributed by atoms with Crippen molar-refractivity contribution in [2.24, 2.45) is 5.73 Å². The number of hydrogen-bond donors (Lipinski definition) is 1. The van der Waals surface area contributed by atoms with Crippen molar-refractivity contribution in [3.8, 4) is 11.3 Å². The molecule has 3 heterocycles. The topological polar surface area (TPSA) is 67.9 Å². The highest BCUT2D eigenvalue weighted by atomic mass is 19.2. The standard InChI is InChI=1S/C19H16F3N5/c20-14-6-16(22)15(21)5-12(14)13-8-27(9-17(13)23)19-7-18(25-10-26-19)11-1-3-24-4-2-11/h1-7,10,13,17H,8-9,23H2. The Morgan fingerprint density at radius 2 is 1.67 bits per heavy atom. The highest BCUT2D eigenvalue weighted by Crippen LogP contribution is 2.32. The monoisotopic (exact) mass is 371 g/mol. The first-order valence-electron chi connectivity index (χ1n) is 8.40. The molecule has 0 bridgehead atoms. The third-order valence-corrected chi connectivity index (χ3v) is 4.76. The van der Waals surface area contributed by atoms with Crippen LogP contribution in [0.5, 0.6) is 0 Å². The van der Waals surface area contributed by atoms with Crippen molar-refractivity contribution in [3.05, 3.63) is 72.1 Å². The summed E-state index contributed by atoms with van der Waals surface area (Å²) in [5.41, 5.74) is 7.85. The summed E-state index contributed by atoms with van der Waals surface area (Å²) >= 11 is 0. The van der Waals surface area contributed by atoms with Gasteiger partial charge in [-0.05, 0) is 23.8 Å². The first kappa shape index (κ1) is 17.4. The van der Waals surface area contributed by atoms with Gasteiger partial charge in [-0.3, -0.25) is 4.98 Å². The van der Waals surface area contributed by atoms with Crippen LogP contribution in [-0.4, -0.2) is 34.1 Å². The number of nitrogens with two attached hydrogens (primary N) is 1. The normalized spacial score (nSPS) is 19.5. The minimum Gasteiger partial charge on any atom is -0.354 e. The quantitative estimate of drug-likeness (QED) is 0.717. The average molecular weight is 371 g/mol. The number of nitrogens with zero attached hydrogens (tertiary/aromatic N) is 4. The Bertz CT molecular complexity index is 967. The largest absolute Gasteiger partial charge is 0.354 e. The third kappa shape index (κ3) is 3.35. The van der Waals surface area contributed by atoms with Crippen LogP contribution in [0.2, 0.25) is 0 Å². The van der Waals surface area contributed by atoms with Gasteiger partial charge in [-0.15, -0.1) is 0 Å². The van der Waals surface area contributed by atoms with Gasteiger partial charge in [0.05, 0.1) is 5.69 Å². The first-order chi connectivity index (χ1) is 13.0. The Morgan fingerprint density at radius 1 is 0.926 bits per heavy atom. The summed E-state index contributed by atoms with van der Waals surface area (Å²) in [4.78, 5) is 14.4. The van der Waals surface area contributed by atoms with Gasteiger partial charge in [0.2, 0.25) is 0 Å². The fraction of sp³-hybridized carbons (Fsp3) is 0.211. The van der Waals surface area contributed by atoms with Crippen LogP contribution >= 0.6 is 0 Å². The van der Waals surface area contributed by atoms with E-state index in [4.69, 9.17) is 5.73 Å². The maximum Gasteiger partial charge on any atom is 0.161 e. The van der Waals surface area contributed by atoms with Crippen molar-refractivity contribution in [3.63, 3.8) is 0 Å². The fourth-order valence-electron chi connectivity index (χ4n) is 3.37. The Hall–Kier alpha value is -3.00. The Morgan fingerprint density at radius 3 is 2.44 bits per heavy atom. The highest BCUT2D eigenvalue weighted by Gasteiger charge is 2.34. The van der Waals surface area contributed by atoms with Crippen LogP contribution < -0.4 is 10.6 Å². The van der Waals surface area contributed by atoms with Gasteiger partial charge in [0.1, 0.15) is 18.0 Å². The highest BCUT2D eigenvalue weighted by molar-refractivity contribution is 5.62. The van der Waals surface area contributed by atoms with Gasteiger partial charge >= 0.3 is 0 Å². The minimum atomic E-state index is -1.21. The molecule has 0 amide bonds. The SMILES string of the molecule is NC1CN(c2cc(-c3ccncc3)ncn2)CC1c1cc(F)c(F)cc1F. The maximum atomic E-state index is 14.2. The Kier molecular flexibility index (Phi) is 4.49. The van der Waals surface area contributed by atoms with E-state index in [-0.39, 0.29) is 5.56 Å². The van der Waals surface area contributed by atoms with Gasteiger partial charge in [0.25, 0.3) is 0 Å². The van der Waals surface area contributed by atoms with Crippen LogP contribution in [0.3, 0.4) is 0 Å². The molecular formula is C19H16F3N5. The van der Waals surface area contributed by atoms with Gasteiger partial charge in [0, 0.05) is 55.1 Å². The molecule has 0 saturated carbocycles. The Labute approximate surface area is 153 Å². The lowest BCUT2D eigenvalue weighted by molar-refractivity contribution is 0.482. The molecule has 0 spiro atoms. The lowest BCUT2D eigenvalue weighted by Crippen LogP contribution is -2.29. The Balaban J connectivity index is 1.62. The molecule has 138 valence electrons. The molecule has 1 aromatic carbocycles. The molecule has 2 N–H and O–H groups in total. The molecule has 2 atom stereocenters. The number of benzene rings is 1. The van der Waals surface area contributed by atoms with Crippen LogP contribution in [0.4, 0.5) is 19.0 Å². The van der Waals surface area contributed by atoms with Gasteiger partial charge in [0.15, 0.2) is 11.6 Å². The zero-order valence-electron chi connectivity index (χ0n) is 14.2. The van der Waals surface area contributed by atoms with Crippen molar-refractivity contribution in [2.45, 2.75) is 12.0 Å². The van der Waals surface area contributed by atoms with E-state index >= 15 is 0 Å². The molecule has 2 unspecified atom stereocenters. The molecule has 0 radical (unpaired) electrons. The molecule has 1 fully saturated rings. The molecule has 1 saturated heterocycles.